The molecule has 3 aromatic rings. The molecule has 0 saturated heterocycles. The first kappa shape index (κ1) is 16.6. The summed E-state index contributed by atoms with van der Waals surface area (Å²) in [6.07, 6.45) is 8.08. The van der Waals surface area contributed by atoms with Crippen molar-refractivity contribution in [1.29, 1.82) is 0 Å². The van der Waals surface area contributed by atoms with Crippen LogP contribution < -0.4 is 5.32 Å². The van der Waals surface area contributed by atoms with Crippen LogP contribution in [0.25, 0.3) is 0 Å². The lowest BCUT2D eigenvalue weighted by molar-refractivity contribution is 0.0926. The minimum Gasteiger partial charge on any atom is -0.347 e. The van der Waals surface area contributed by atoms with E-state index in [0.717, 1.165) is 37.3 Å². The van der Waals surface area contributed by atoms with E-state index in [1.165, 1.54) is 5.56 Å². The summed E-state index contributed by atoms with van der Waals surface area (Å²) < 4.78 is 4.05. The normalized spacial score (nSPS) is 16.3. The fourth-order valence-corrected chi connectivity index (χ4v) is 3.61. The molecular weight excluding hydrogens is 326 g/mol. The minimum atomic E-state index is -0.0327. The summed E-state index contributed by atoms with van der Waals surface area (Å²) >= 11 is 0. The number of hydrogen-bond donors (Lipinski definition) is 1. The van der Waals surface area contributed by atoms with Crippen LogP contribution in [0.1, 0.15) is 40.8 Å². The Bertz CT molecular complexity index is 896. The molecule has 0 bridgehead atoms. The molecule has 1 amide bonds. The van der Waals surface area contributed by atoms with E-state index in [-0.39, 0.29) is 11.9 Å². The van der Waals surface area contributed by atoms with E-state index in [0.29, 0.717) is 12.1 Å². The third kappa shape index (κ3) is 3.27. The van der Waals surface area contributed by atoms with E-state index >= 15 is 0 Å². The van der Waals surface area contributed by atoms with Crippen molar-refractivity contribution in [3.05, 3.63) is 71.6 Å². The number of carbonyl (C=O) groups is 1. The number of nitrogens with one attached hydrogen (secondary N) is 1. The molecule has 4 rings (SSSR count). The lowest BCUT2D eigenvalue weighted by atomic mass is 10.1. The lowest BCUT2D eigenvalue weighted by Gasteiger charge is -2.24. The van der Waals surface area contributed by atoms with Gasteiger partial charge in [0.2, 0.25) is 0 Å². The number of nitrogens with zero attached hydrogens (tertiary/aromatic N) is 4. The van der Waals surface area contributed by atoms with E-state index in [9.17, 15) is 4.79 Å². The second-order valence-corrected chi connectivity index (χ2v) is 6.71. The number of aromatic nitrogens is 4. The van der Waals surface area contributed by atoms with Crippen LogP contribution in [0, 0.1) is 0 Å². The van der Waals surface area contributed by atoms with Gasteiger partial charge in [-0.25, -0.2) is 4.98 Å². The molecule has 1 atom stereocenters. The molecule has 6 nitrogen and oxygen atoms in total. The molecule has 0 unspecified atom stereocenters. The van der Waals surface area contributed by atoms with E-state index in [1.54, 1.807) is 6.20 Å². The van der Waals surface area contributed by atoms with Gasteiger partial charge < -0.3 is 9.88 Å². The Kier molecular flexibility index (Phi) is 4.56. The summed E-state index contributed by atoms with van der Waals surface area (Å²) in [5, 5.41) is 7.64. The fraction of sp³-hybridized carbons (Fsp3) is 0.350. The van der Waals surface area contributed by atoms with Gasteiger partial charge in [0.15, 0.2) is 0 Å². The van der Waals surface area contributed by atoms with Crippen LogP contribution in [0.15, 0.2) is 48.9 Å². The summed E-state index contributed by atoms with van der Waals surface area (Å²) in [6.45, 7) is 3.52. The van der Waals surface area contributed by atoms with E-state index in [4.69, 9.17) is 0 Å². The van der Waals surface area contributed by atoms with Crippen molar-refractivity contribution in [2.24, 2.45) is 0 Å². The molecule has 0 saturated carbocycles. The average Bonchev–Trinajstić information content (AvgIpc) is 3.28. The molecule has 1 aliphatic heterocycles. The predicted octanol–water partition coefficient (Wildman–Crippen LogP) is 2.44. The summed E-state index contributed by atoms with van der Waals surface area (Å²) in [5.74, 6) is 1.06. The topological polar surface area (TPSA) is 64.7 Å². The first-order valence-corrected chi connectivity index (χ1v) is 9.14. The fourth-order valence-electron chi connectivity index (χ4n) is 3.61. The SMILES string of the molecule is CCc1c(C(=O)N[C@H]2CCc3nccn3C2)cnn1Cc1ccccc1. The van der Waals surface area contributed by atoms with Gasteiger partial charge in [-0.05, 0) is 18.4 Å². The molecule has 2 aromatic heterocycles. The minimum absolute atomic E-state index is 0.0327. The monoisotopic (exact) mass is 349 g/mol. The van der Waals surface area contributed by atoms with Crippen LogP contribution in [0.5, 0.6) is 0 Å². The number of fused-ring (bicyclic) bond motifs is 1. The maximum absolute atomic E-state index is 12.8. The number of rotatable bonds is 5. The van der Waals surface area contributed by atoms with Gasteiger partial charge in [-0.2, -0.15) is 5.10 Å². The number of carbonyl (C=O) groups excluding carboxylic acids is 1. The van der Waals surface area contributed by atoms with Crippen molar-refractivity contribution < 1.29 is 4.79 Å². The number of aryl methyl sites for hydroxylation is 1. The maximum atomic E-state index is 12.8. The smallest absolute Gasteiger partial charge is 0.255 e. The van der Waals surface area contributed by atoms with E-state index < -0.39 is 0 Å². The van der Waals surface area contributed by atoms with Gasteiger partial charge in [-0.1, -0.05) is 37.3 Å². The van der Waals surface area contributed by atoms with Gasteiger partial charge in [0.05, 0.1) is 24.0 Å². The standard InChI is InChI=1S/C20H23N5O/c1-2-18-17(12-22-25(18)13-15-6-4-3-5-7-15)20(26)23-16-8-9-19-21-10-11-24(19)14-16/h3-7,10-12,16H,2,8-9,13-14H2,1H3,(H,23,26)/t16-/m0/s1. The summed E-state index contributed by atoms with van der Waals surface area (Å²) in [4.78, 5) is 17.2. The van der Waals surface area contributed by atoms with Crippen molar-refractivity contribution >= 4 is 5.91 Å². The quantitative estimate of drug-likeness (QED) is 0.769. The second-order valence-electron chi connectivity index (χ2n) is 6.71. The zero-order chi connectivity index (χ0) is 17.9. The Labute approximate surface area is 152 Å². The number of imidazole rings is 1. The van der Waals surface area contributed by atoms with E-state index in [2.05, 4.69) is 39.0 Å². The Morgan fingerprint density at radius 2 is 2.15 bits per heavy atom. The summed E-state index contributed by atoms with van der Waals surface area (Å²) in [6, 6.07) is 10.3. The Morgan fingerprint density at radius 3 is 2.96 bits per heavy atom. The molecule has 0 aliphatic carbocycles. The highest BCUT2D eigenvalue weighted by atomic mass is 16.1. The Morgan fingerprint density at radius 1 is 1.31 bits per heavy atom. The summed E-state index contributed by atoms with van der Waals surface area (Å²) in [7, 11) is 0. The molecule has 0 radical (unpaired) electrons. The first-order valence-electron chi connectivity index (χ1n) is 9.14. The lowest BCUT2D eigenvalue weighted by Crippen LogP contribution is -2.41. The molecule has 1 aromatic carbocycles. The van der Waals surface area contributed by atoms with Gasteiger partial charge in [0.1, 0.15) is 5.82 Å². The van der Waals surface area contributed by atoms with Crippen LogP contribution in [0.2, 0.25) is 0 Å². The average molecular weight is 349 g/mol. The van der Waals surface area contributed by atoms with E-state index in [1.807, 2.05) is 35.3 Å². The molecule has 0 fully saturated rings. The van der Waals surface area contributed by atoms with Crippen LogP contribution in [-0.2, 0) is 25.9 Å². The molecule has 6 heteroatoms. The maximum Gasteiger partial charge on any atom is 0.255 e. The molecule has 0 spiro atoms. The van der Waals surface area contributed by atoms with Crippen molar-refractivity contribution in [3.8, 4) is 0 Å². The third-order valence-corrected chi connectivity index (χ3v) is 4.97. The predicted molar refractivity (Wildman–Crippen MR) is 99.0 cm³/mol. The molecule has 134 valence electrons. The number of amides is 1. The molecule has 26 heavy (non-hydrogen) atoms. The van der Waals surface area contributed by atoms with Crippen LogP contribution in [0.3, 0.4) is 0 Å². The van der Waals surface area contributed by atoms with Gasteiger partial charge >= 0.3 is 0 Å². The van der Waals surface area contributed by atoms with Crippen molar-refractivity contribution in [3.63, 3.8) is 0 Å². The van der Waals surface area contributed by atoms with Gasteiger partial charge in [0.25, 0.3) is 5.91 Å². The zero-order valence-electron chi connectivity index (χ0n) is 14.9. The molecule has 1 aliphatic rings. The van der Waals surface area contributed by atoms with Gasteiger partial charge in [-0.3, -0.25) is 9.48 Å². The largest absolute Gasteiger partial charge is 0.347 e. The van der Waals surface area contributed by atoms with Crippen LogP contribution >= 0.6 is 0 Å². The summed E-state index contributed by atoms with van der Waals surface area (Å²) in [5.41, 5.74) is 2.84. The highest BCUT2D eigenvalue weighted by Gasteiger charge is 2.23. The molecule has 3 heterocycles. The van der Waals surface area contributed by atoms with Crippen molar-refractivity contribution in [2.75, 3.05) is 0 Å². The molecule has 1 N–H and O–H groups in total. The third-order valence-electron chi connectivity index (χ3n) is 4.97. The van der Waals surface area contributed by atoms with Crippen LogP contribution in [-0.4, -0.2) is 31.3 Å². The Balaban J connectivity index is 1.48. The van der Waals surface area contributed by atoms with Gasteiger partial charge in [0, 0.05) is 31.4 Å². The number of benzene rings is 1. The second kappa shape index (κ2) is 7.15. The van der Waals surface area contributed by atoms with Gasteiger partial charge in [-0.15, -0.1) is 0 Å². The van der Waals surface area contributed by atoms with Crippen molar-refractivity contribution in [2.45, 2.75) is 45.3 Å². The highest BCUT2D eigenvalue weighted by molar-refractivity contribution is 5.95. The Hall–Kier alpha value is -2.89. The van der Waals surface area contributed by atoms with Crippen molar-refractivity contribution in [1.82, 2.24) is 24.6 Å². The zero-order valence-corrected chi connectivity index (χ0v) is 14.9. The molecular formula is C20H23N5O. The highest BCUT2D eigenvalue weighted by Crippen LogP contribution is 2.16. The van der Waals surface area contributed by atoms with Crippen LogP contribution in [0.4, 0.5) is 0 Å². The number of hydrogen-bond acceptors (Lipinski definition) is 3. The first-order chi connectivity index (χ1) is 12.7.